The molecule has 2 N–H and O–H groups in total. The number of anilines is 1. The molecule has 1 aromatic carbocycles. The van der Waals surface area contributed by atoms with Gasteiger partial charge in [0.2, 0.25) is 0 Å². The monoisotopic (exact) mass is 296 g/mol. The zero-order valence-electron chi connectivity index (χ0n) is 8.86. The third-order valence-corrected chi connectivity index (χ3v) is 2.87. The third kappa shape index (κ3) is 2.55. The lowest BCUT2D eigenvalue weighted by atomic mass is 10.2. The van der Waals surface area contributed by atoms with Crippen LogP contribution in [0.4, 0.5) is 10.1 Å². The molecule has 0 aliphatic carbocycles. The van der Waals surface area contributed by atoms with E-state index in [2.05, 4.69) is 15.9 Å². The fourth-order valence-corrected chi connectivity index (χ4v) is 1.91. The van der Waals surface area contributed by atoms with Gasteiger partial charge in [0.1, 0.15) is 0 Å². The second kappa shape index (κ2) is 4.71. The first-order valence-corrected chi connectivity index (χ1v) is 5.76. The number of rotatable bonds is 2. The van der Waals surface area contributed by atoms with Crippen molar-refractivity contribution in [3.63, 3.8) is 0 Å². The predicted octanol–water partition coefficient (Wildman–Crippen LogP) is 2.38. The van der Waals surface area contributed by atoms with E-state index in [1.54, 1.807) is 24.4 Å². The molecular weight excluding hydrogens is 287 g/mol. The highest BCUT2D eigenvalue weighted by atomic mass is 79.9. The van der Waals surface area contributed by atoms with Crippen molar-refractivity contribution in [1.82, 2.24) is 4.57 Å². The summed E-state index contributed by atoms with van der Waals surface area (Å²) in [5, 5.41) is 0. The Hall–Kier alpha value is -1.62. The summed E-state index contributed by atoms with van der Waals surface area (Å²) in [5.74, 6) is -0.473. The van der Waals surface area contributed by atoms with Gasteiger partial charge in [0, 0.05) is 22.3 Å². The summed E-state index contributed by atoms with van der Waals surface area (Å²) in [7, 11) is 0. The van der Waals surface area contributed by atoms with Gasteiger partial charge >= 0.3 is 0 Å². The Morgan fingerprint density at radius 1 is 1.29 bits per heavy atom. The molecule has 88 valence electrons. The minimum absolute atomic E-state index is 0.0885. The van der Waals surface area contributed by atoms with E-state index in [1.165, 1.54) is 16.7 Å². The van der Waals surface area contributed by atoms with Crippen LogP contribution in [0.5, 0.6) is 0 Å². The van der Waals surface area contributed by atoms with E-state index in [1.807, 2.05) is 0 Å². The Kier molecular flexibility index (Phi) is 3.28. The van der Waals surface area contributed by atoms with Gasteiger partial charge in [-0.2, -0.15) is 0 Å². The summed E-state index contributed by atoms with van der Waals surface area (Å²) in [4.78, 5) is 11.6. The SMILES string of the molecule is Nc1cccc(Cn2cc(Br)ccc2=O)c1F. The zero-order valence-corrected chi connectivity index (χ0v) is 10.4. The highest BCUT2D eigenvalue weighted by Gasteiger charge is 2.06. The van der Waals surface area contributed by atoms with Gasteiger partial charge in [-0.05, 0) is 28.1 Å². The lowest BCUT2D eigenvalue weighted by Crippen LogP contribution is -2.19. The fourth-order valence-electron chi connectivity index (χ4n) is 1.53. The lowest BCUT2D eigenvalue weighted by molar-refractivity contribution is 0.600. The summed E-state index contributed by atoms with van der Waals surface area (Å²) in [6.45, 7) is 0.162. The van der Waals surface area contributed by atoms with E-state index >= 15 is 0 Å². The van der Waals surface area contributed by atoms with E-state index in [-0.39, 0.29) is 17.8 Å². The van der Waals surface area contributed by atoms with E-state index in [0.717, 1.165) is 4.47 Å². The van der Waals surface area contributed by atoms with Gasteiger partial charge in [-0.15, -0.1) is 0 Å². The minimum atomic E-state index is -0.473. The molecule has 17 heavy (non-hydrogen) atoms. The molecular formula is C12H10BrFN2O. The van der Waals surface area contributed by atoms with Crippen molar-refractivity contribution in [2.75, 3.05) is 5.73 Å². The van der Waals surface area contributed by atoms with Crippen molar-refractivity contribution in [2.45, 2.75) is 6.54 Å². The molecule has 0 saturated carbocycles. The molecule has 1 heterocycles. The van der Waals surface area contributed by atoms with Crippen molar-refractivity contribution in [3.05, 3.63) is 62.7 Å². The number of benzene rings is 1. The molecule has 0 amide bonds. The maximum absolute atomic E-state index is 13.7. The number of aromatic nitrogens is 1. The molecule has 1 aromatic heterocycles. The fraction of sp³-hybridized carbons (Fsp3) is 0.0833. The van der Waals surface area contributed by atoms with E-state index in [9.17, 15) is 9.18 Å². The van der Waals surface area contributed by atoms with Crippen LogP contribution < -0.4 is 11.3 Å². The van der Waals surface area contributed by atoms with E-state index in [0.29, 0.717) is 5.56 Å². The number of hydrogen-bond acceptors (Lipinski definition) is 2. The Balaban J connectivity index is 2.41. The molecule has 3 nitrogen and oxygen atoms in total. The molecule has 2 aromatic rings. The molecule has 0 radical (unpaired) electrons. The smallest absolute Gasteiger partial charge is 0.250 e. The predicted molar refractivity (Wildman–Crippen MR) is 68.3 cm³/mol. The van der Waals surface area contributed by atoms with Crippen LogP contribution in [0.1, 0.15) is 5.56 Å². The molecule has 0 spiro atoms. The number of nitrogen functional groups attached to an aromatic ring is 1. The highest BCUT2D eigenvalue weighted by molar-refractivity contribution is 9.10. The third-order valence-electron chi connectivity index (χ3n) is 2.40. The average molecular weight is 297 g/mol. The summed E-state index contributed by atoms with van der Waals surface area (Å²) < 4.78 is 15.9. The maximum atomic E-state index is 13.7. The van der Waals surface area contributed by atoms with Crippen LogP contribution in [0, 0.1) is 5.82 Å². The quantitative estimate of drug-likeness (QED) is 0.865. The van der Waals surface area contributed by atoms with Crippen LogP contribution in [-0.2, 0) is 6.54 Å². The molecule has 0 atom stereocenters. The zero-order chi connectivity index (χ0) is 12.4. The summed E-state index contributed by atoms with van der Waals surface area (Å²) in [6.07, 6.45) is 1.62. The number of nitrogens with two attached hydrogens (primary N) is 1. The summed E-state index contributed by atoms with van der Waals surface area (Å²) >= 11 is 3.26. The maximum Gasteiger partial charge on any atom is 0.250 e. The number of halogens is 2. The van der Waals surface area contributed by atoms with E-state index < -0.39 is 5.82 Å². The van der Waals surface area contributed by atoms with Gasteiger partial charge in [-0.25, -0.2) is 4.39 Å². The second-order valence-corrected chi connectivity index (χ2v) is 4.55. The number of hydrogen-bond donors (Lipinski definition) is 1. The van der Waals surface area contributed by atoms with Crippen molar-refractivity contribution in [2.24, 2.45) is 0 Å². The lowest BCUT2D eigenvalue weighted by Gasteiger charge is -2.08. The van der Waals surface area contributed by atoms with Crippen molar-refractivity contribution in [1.29, 1.82) is 0 Å². The average Bonchev–Trinajstić information content (AvgIpc) is 2.30. The Bertz CT molecular complexity index is 610. The molecule has 5 heteroatoms. The van der Waals surface area contributed by atoms with Gasteiger partial charge in [-0.3, -0.25) is 4.79 Å². The van der Waals surface area contributed by atoms with Crippen LogP contribution in [-0.4, -0.2) is 4.57 Å². The van der Waals surface area contributed by atoms with Gasteiger partial charge < -0.3 is 10.3 Å². The molecule has 2 rings (SSSR count). The number of nitrogens with zero attached hydrogens (tertiary/aromatic N) is 1. The largest absolute Gasteiger partial charge is 0.396 e. The first kappa shape index (κ1) is 11.9. The standard InChI is InChI=1S/C12H10BrFN2O/c13-9-4-5-11(17)16(7-9)6-8-2-1-3-10(15)12(8)14/h1-5,7H,6,15H2. The molecule has 0 fully saturated rings. The van der Waals surface area contributed by atoms with Crippen LogP contribution in [0.3, 0.4) is 0 Å². The van der Waals surface area contributed by atoms with Gasteiger partial charge in [-0.1, -0.05) is 12.1 Å². The van der Waals surface area contributed by atoms with Crippen LogP contribution >= 0.6 is 15.9 Å². The molecule has 0 aliphatic heterocycles. The number of pyridine rings is 1. The summed E-state index contributed by atoms with van der Waals surface area (Å²) in [6, 6.07) is 7.83. The second-order valence-electron chi connectivity index (χ2n) is 3.63. The topological polar surface area (TPSA) is 48.0 Å². The molecule has 0 aliphatic rings. The minimum Gasteiger partial charge on any atom is -0.396 e. The van der Waals surface area contributed by atoms with Crippen molar-refractivity contribution in [3.8, 4) is 0 Å². The van der Waals surface area contributed by atoms with Gasteiger partial charge in [0.05, 0.1) is 12.2 Å². The first-order chi connectivity index (χ1) is 8.08. The molecule has 0 unspecified atom stereocenters. The van der Waals surface area contributed by atoms with Crippen LogP contribution in [0.15, 0.2) is 45.8 Å². The Labute approximate surface area is 106 Å². The van der Waals surface area contributed by atoms with Gasteiger partial charge in [0.15, 0.2) is 5.82 Å². The van der Waals surface area contributed by atoms with Gasteiger partial charge in [0.25, 0.3) is 5.56 Å². The molecule has 0 bridgehead atoms. The van der Waals surface area contributed by atoms with Crippen molar-refractivity contribution < 1.29 is 4.39 Å². The Morgan fingerprint density at radius 2 is 2.06 bits per heavy atom. The Morgan fingerprint density at radius 3 is 2.82 bits per heavy atom. The molecule has 0 saturated heterocycles. The normalized spacial score (nSPS) is 10.5. The summed E-state index contributed by atoms with van der Waals surface area (Å²) in [5.41, 5.74) is 5.77. The first-order valence-electron chi connectivity index (χ1n) is 4.97. The van der Waals surface area contributed by atoms with E-state index in [4.69, 9.17) is 5.73 Å². The highest BCUT2D eigenvalue weighted by Crippen LogP contribution is 2.15. The van der Waals surface area contributed by atoms with Crippen LogP contribution in [0.2, 0.25) is 0 Å². The van der Waals surface area contributed by atoms with Crippen LogP contribution in [0.25, 0.3) is 0 Å². The van der Waals surface area contributed by atoms with Crippen molar-refractivity contribution >= 4 is 21.6 Å².